The molecule has 3 nitrogen and oxygen atoms in total. The molecule has 1 heterocycles. The van der Waals surface area contributed by atoms with Gasteiger partial charge in [-0.25, -0.2) is 4.79 Å². The lowest BCUT2D eigenvalue weighted by molar-refractivity contribution is 0.0697. The molecular formula is C14H18ClNO2. The van der Waals surface area contributed by atoms with Crippen molar-refractivity contribution in [3.05, 3.63) is 28.8 Å². The van der Waals surface area contributed by atoms with Crippen LogP contribution in [0.2, 0.25) is 5.02 Å². The number of halogens is 1. The number of rotatable bonds is 2. The SMILES string of the molecule is CC1CCCCCN1c1cc(Cl)ccc1C(=O)O. The molecule has 0 bridgehead atoms. The molecule has 0 aromatic heterocycles. The number of carboxylic acid groups (broad SMARTS) is 1. The van der Waals surface area contributed by atoms with Gasteiger partial charge < -0.3 is 10.0 Å². The van der Waals surface area contributed by atoms with Gasteiger partial charge in [0.2, 0.25) is 0 Å². The first-order valence-electron chi connectivity index (χ1n) is 6.39. The van der Waals surface area contributed by atoms with E-state index in [1.165, 1.54) is 12.8 Å². The van der Waals surface area contributed by atoms with E-state index < -0.39 is 5.97 Å². The predicted octanol–water partition coefficient (Wildman–Crippen LogP) is 3.81. The van der Waals surface area contributed by atoms with Crippen molar-refractivity contribution in [1.29, 1.82) is 0 Å². The molecule has 2 rings (SSSR count). The summed E-state index contributed by atoms with van der Waals surface area (Å²) in [6.45, 7) is 3.06. The minimum Gasteiger partial charge on any atom is -0.478 e. The number of nitrogens with zero attached hydrogens (tertiary/aromatic N) is 1. The van der Waals surface area contributed by atoms with Crippen molar-refractivity contribution in [3.63, 3.8) is 0 Å². The Hall–Kier alpha value is -1.22. The van der Waals surface area contributed by atoms with Crippen LogP contribution in [-0.2, 0) is 0 Å². The molecule has 0 aliphatic carbocycles. The summed E-state index contributed by atoms with van der Waals surface area (Å²) in [6, 6.07) is 5.37. The van der Waals surface area contributed by atoms with Crippen LogP contribution < -0.4 is 4.90 Å². The number of hydrogen-bond acceptors (Lipinski definition) is 2. The predicted molar refractivity (Wildman–Crippen MR) is 73.7 cm³/mol. The average molecular weight is 268 g/mol. The molecule has 1 aliphatic heterocycles. The zero-order chi connectivity index (χ0) is 13.1. The highest BCUT2D eigenvalue weighted by atomic mass is 35.5. The first-order valence-corrected chi connectivity index (χ1v) is 6.77. The number of anilines is 1. The van der Waals surface area contributed by atoms with Crippen molar-refractivity contribution in [2.45, 2.75) is 38.6 Å². The van der Waals surface area contributed by atoms with Gasteiger partial charge in [-0.3, -0.25) is 0 Å². The van der Waals surface area contributed by atoms with Crippen LogP contribution >= 0.6 is 11.6 Å². The molecular weight excluding hydrogens is 250 g/mol. The van der Waals surface area contributed by atoms with Gasteiger partial charge in [-0.15, -0.1) is 0 Å². The van der Waals surface area contributed by atoms with E-state index in [-0.39, 0.29) is 0 Å². The second kappa shape index (κ2) is 5.61. The van der Waals surface area contributed by atoms with Gasteiger partial charge in [-0.05, 0) is 38.0 Å². The highest BCUT2D eigenvalue weighted by Crippen LogP contribution is 2.30. The number of hydrogen-bond donors (Lipinski definition) is 1. The van der Waals surface area contributed by atoms with Crippen molar-refractivity contribution in [2.24, 2.45) is 0 Å². The van der Waals surface area contributed by atoms with Gasteiger partial charge in [0.25, 0.3) is 0 Å². The molecule has 1 unspecified atom stereocenters. The molecule has 0 amide bonds. The molecule has 1 aliphatic rings. The lowest BCUT2D eigenvalue weighted by Crippen LogP contribution is -2.33. The van der Waals surface area contributed by atoms with Crippen molar-refractivity contribution in [1.82, 2.24) is 0 Å². The summed E-state index contributed by atoms with van der Waals surface area (Å²) in [5.74, 6) is -0.891. The van der Waals surface area contributed by atoms with Crippen LogP contribution in [0.25, 0.3) is 0 Å². The number of carboxylic acids is 1. The van der Waals surface area contributed by atoms with E-state index in [9.17, 15) is 9.90 Å². The summed E-state index contributed by atoms with van der Waals surface area (Å²) in [6.07, 6.45) is 4.63. The van der Waals surface area contributed by atoms with Crippen molar-refractivity contribution >= 4 is 23.3 Å². The summed E-state index contributed by atoms with van der Waals surface area (Å²) in [5.41, 5.74) is 1.09. The first kappa shape index (κ1) is 13.2. The summed E-state index contributed by atoms with van der Waals surface area (Å²) in [4.78, 5) is 13.5. The van der Waals surface area contributed by atoms with E-state index in [0.29, 0.717) is 16.6 Å². The minimum atomic E-state index is -0.891. The molecule has 0 spiro atoms. The minimum absolute atomic E-state index is 0.341. The quantitative estimate of drug-likeness (QED) is 0.886. The van der Waals surface area contributed by atoms with Crippen molar-refractivity contribution in [2.75, 3.05) is 11.4 Å². The molecule has 4 heteroatoms. The molecule has 1 N–H and O–H groups in total. The second-order valence-electron chi connectivity index (χ2n) is 4.86. The normalized spacial score (nSPS) is 20.6. The first-order chi connectivity index (χ1) is 8.59. The Morgan fingerprint density at radius 1 is 1.39 bits per heavy atom. The summed E-state index contributed by atoms with van der Waals surface area (Å²) < 4.78 is 0. The third kappa shape index (κ3) is 2.78. The topological polar surface area (TPSA) is 40.5 Å². The van der Waals surface area contributed by atoms with Gasteiger partial charge in [0.05, 0.1) is 11.3 Å². The third-order valence-electron chi connectivity index (χ3n) is 3.55. The lowest BCUT2D eigenvalue weighted by Gasteiger charge is -2.30. The Kier molecular flexibility index (Phi) is 4.12. The third-order valence-corrected chi connectivity index (χ3v) is 3.79. The molecule has 1 aromatic rings. The molecule has 0 saturated carbocycles. The molecule has 18 heavy (non-hydrogen) atoms. The van der Waals surface area contributed by atoms with E-state index in [0.717, 1.165) is 25.1 Å². The van der Waals surface area contributed by atoms with E-state index in [1.807, 2.05) is 0 Å². The zero-order valence-corrected chi connectivity index (χ0v) is 11.3. The Balaban J connectivity index is 2.40. The number of aromatic carboxylic acids is 1. The highest BCUT2D eigenvalue weighted by molar-refractivity contribution is 6.31. The van der Waals surface area contributed by atoms with E-state index in [4.69, 9.17) is 11.6 Å². The van der Waals surface area contributed by atoms with E-state index in [1.54, 1.807) is 18.2 Å². The molecule has 1 atom stereocenters. The largest absolute Gasteiger partial charge is 0.478 e. The summed E-state index contributed by atoms with van der Waals surface area (Å²) in [7, 11) is 0. The Bertz CT molecular complexity index is 447. The van der Waals surface area contributed by atoms with Crippen LogP contribution in [0.4, 0.5) is 5.69 Å². The summed E-state index contributed by atoms with van der Waals surface area (Å²) >= 11 is 6.01. The zero-order valence-electron chi connectivity index (χ0n) is 10.5. The van der Waals surface area contributed by atoms with E-state index in [2.05, 4.69) is 11.8 Å². The molecule has 0 radical (unpaired) electrons. The van der Waals surface area contributed by atoms with Crippen molar-refractivity contribution in [3.8, 4) is 0 Å². The molecule has 1 saturated heterocycles. The summed E-state index contributed by atoms with van der Waals surface area (Å²) in [5, 5.41) is 9.86. The highest BCUT2D eigenvalue weighted by Gasteiger charge is 2.22. The molecule has 98 valence electrons. The van der Waals surface area contributed by atoms with Crippen LogP contribution in [0.15, 0.2) is 18.2 Å². The maximum Gasteiger partial charge on any atom is 0.337 e. The second-order valence-corrected chi connectivity index (χ2v) is 5.29. The standard InChI is InChI=1S/C14H18ClNO2/c1-10-5-3-2-4-8-16(10)13-9-11(15)6-7-12(13)14(17)18/h6-7,9-10H,2-5,8H2,1H3,(H,17,18). The van der Waals surface area contributed by atoms with Gasteiger partial charge in [0.15, 0.2) is 0 Å². The van der Waals surface area contributed by atoms with Gasteiger partial charge >= 0.3 is 5.97 Å². The van der Waals surface area contributed by atoms with Gasteiger partial charge in [0.1, 0.15) is 0 Å². The Morgan fingerprint density at radius 2 is 2.17 bits per heavy atom. The average Bonchev–Trinajstić information content (AvgIpc) is 2.53. The van der Waals surface area contributed by atoms with Gasteiger partial charge in [-0.1, -0.05) is 24.4 Å². The van der Waals surface area contributed by atoms with Crippen LogP contribution in [-0.4, -0.2) is 23.7 Å². The maximum absolute atomic E-state index is 11.3. The Labute approximate surface area is 112 Å². The van der Waals surface area contributed by atoms with Crippen LogP contribution in [0.5, 0.6) is 0 Å². The van der Waals surface area contributed by atoms with Crippen LogP contribution in [0.3, 0.4) is 0 Å². The van der Waals surface area contributed by atoms with Crippen molar-refractivity contribution < 1.29 is 9.90 Å². The van der Waals surface area contributed by atoms with Gasteiger partial charge in [0, 0.05) is 17.6 Å². The fourth-order valence-electron chi connectivity index (χ4n) is 2.56. The van der Waals surface area contributed by atoms with Crippen LogP contribution in [0, 0.1) is 0 Å². The smallest absolute Gasteiger partial charge is 0.337 e. The molecule has 1 fully saturated rings. The fourth-order valence-corrected chi connectivity index (χ4v) is 2.72. The van der Waals surface area contributed by atoms with Crippen LogP contribution in [0.1, 0.15) is 43.0 Å². The Morgan fingerprint density at radius 3 is 2.89 bits per heavy atom. The maximum atomic E-state index is 11.3. The lowest BCUT2D eigenvalue weighted by atomic mass is 10.1. The number of carbonyl (C=O) groups is 1. The molecule has 1 aromatic carbocycles. The fraction of sp³-hybridized carbons (Fsp3) is 0.500. The van der Waals surface area contributed by atoms with Gasteiger partial charge in [-0.2, -0.15) is 0 Å². The van der Waals surface area contributed by atoms with E-state index >= 15 is 0 Å². The monoisotopic (exact) mass is 267 g/mol. The number of benzene rings is 1.